The summed E-state index contributed by atoms with van der Waals surface area (Å²) in [5.41, 5.74) is 3.14. The molecular weight excluding hydrogens is 368 g/mol. The molecule has 0 radical (unpaired) electrons. The highest BCUT2D eigenvalue weighted by molar-refractivity contribution is 7.98. The zero-order valence-corrected chi connectivity index (χ0v) is 16.5. The van der Waals surface area contributed by atoms with E-state index in [9.17, 15) is 5.11 Å². The van der Waals surface area contributed by atoms with Crippen molar-refractivity contribution >= 4 is 22.5 Å². The lowest BCUT2D eigenvalue weighted by molar-refractivity contribution is 0.277. The average Bonchev–Trinajstić information content (AvgIpc) is 3.14. The van der Waals surface area contributed by atoms with E-state index in [0.29, 0.717) is 12.2 Å². The van der Waals surface area contributed by atoms with E-state index in [2.05, 4.69) is 64.1 Å². The maximum atomic E-state index is 9.53. The number of nitrogens with zero attached hydrogens (tertiary/aromatic N) is 2. The second-order valence-electron chi connectivity index (χ2n) is 6.58. The molecule has 0 bridgehead atoms. The van der Waals surface area contributed by atoms with Crippen molar-refractivity contribution in [3.63, 3.8) is 0 Å². The lowest BCUT2D eigenvalue weighted by atomic mass is 10.1. The molecule has 0 aliphatic rings. The molecule has 1 N–H and O–H groups in total. The summed E-state index contributed by atoms with van der Waals surface area (Å²) in [6, 6.07) is 22.9. The number of hydrogen-bond donors (Lipinski definition) is 1. The fraction of sp³-hybridized carbons (Fsp3) is 0.174. The third-order valence-electron chi connectivity index (χ3n) is 4.70. The number of thioether (sulfide) groups is 1. The molecule has 4 aromatic rings. The predicted molar refractivity (Wildman–Crippen MR) is 114 cm³/mol. The summed E-state index contributed by atoms with van der Waals surface area (Å²) in [4.78, 5) is 4.60. The molecule has 0 unspecified atom stereocenters. The molecule has 0 saturated heterocycles. The van der Waals surface area contributed by atoms with Gasteiger partial charge in [-0.25, -0.2) is 4.98 Å². The van der Waals surface area contributed by atoms with Crippen LogP contribution in [-0.4, -0.2) is 21.8 Å². The monoisotopic (exact) mass is 390 g/mol. The fourth-order valence-electron chi connectivity index (χ4n) is 3.24. The molecule has 0 spiro atoms. The zero-order chi connectivity index (χ0) is 19.3. The van der Waals surface area contributed by atoms with Crippen LogP contribution in [0.5, 0.6) is 5.75 Å². The van der Waals surface area contributed by atoms with E-state index >= 15 is 0 Å². The van der Waals surface area contributed by atoms with Gasteiger partial charge in [0, 0.05) is 18.5 Å². The normalized spacial score (nSPS) is 11.1. The number of aliphatic hydroxyl groups excluding tert-OH is 1. The summed E-state index contributed by atoms with van der Waals surface area (Å²) >= 11 is 1.69. The van der Waals surface area contributed by atoms with Crippen molar-refractivity contribution in [2.24, 2.45) is 0 Å². The van der Waals surface area contributed by atoms with Crippen molar-refractivity contribution in [3.8, 4) is 5.75 Å². The van der Waals surface area contributed by atoms with E-state index in [1.165, 1.54) is 16.3 Å². The van der Waals surface area contributed by atoms with E-state index in [4.69, 9.17) is 4.74 Å². The second-order valence-corrected chi connectivity index (χ2v) is 7.52. The Morgan fingerprint density at radius 2 is 1.79 bits per heavy atom. The highest BCUT2D eigenvalue weighted by Gasteiger charge is 2.10. The number of fused-ring (bicyclic) bond motifs is 1. The number of methoxy groups -OCH3 is 1. The Balaban J connectivity index is 1.56. The van der Waals surface area contributed by atoms with Crippen LogP contribution in [0.3, 0.4) is 0 Å². The van der Waals surface area contributed by atoms with E-state index in [1.807, 2.05) is 18.3 Å². The van der Waals surface area contributed by atoms with Gasteiger partial charge in [-0.15, -0.1) is 0 Å². The topological polar surface area (TPSA) is 47.3 Å². The van der Waals surface area contributed by atoms with Crippen LogP contribution in [-0.2, 0) is 18.9 Å². The van der Waals surface area contributed by atoms with E-state index in [1.54, 1.807) is 18.9 Å². The van der Waals surface area contributed by atoms with Crippen LogP contribution in [0.1, 0.15) is 16.8 Å². The molecule has 5 heteroatoms. The molecule has 28 heavy (non-hydrogen) atoms. The highest BCUT2D eigenvalue weighted by Crippen LogP contribution is 2.28. The van der Waals surface area contributed by atoms with Gasteiger partial charge in [0.05, 0.1) is 19.4 Å². The Bertz CT molecular complexity index is 1070. The third-order valence-corrected chi connectivity index (χ3v) is 5.74. The van der Waals surface area contributed by atoms with Crippen molar-refractivity contribution < 1.29 is 9.84 Å². The summed E-state index contributed by atoms with van der Waals surface area (Å²) in [6.45, 7) is 0.645. The minimum atomic E-state index is -0.0581. The van der Waals surface area contributed by atoms with E-state index in [0.717, 1.165) is 22.2 Å². The number of ether oxygens (including phenoxy) is 1. The van der Waals surface area contributed by atoms with Crippen molar-refractivity contribution in [1.82, 2.24) is 9.55 Å². The number of benzene rings is 3. The van der Waals surface area contributed by atoms with Gasteiger partial charge in [0.15, 0.2) is 5.16 Å². The van der Waals surface area contributed by atoms with Crippen LogP contribution in [0.2, 0.25) is 0 Å². The van der Waals surface area contributed by atoms with Crippen LogP contribution in [0, 0.1) is 0 Å². The van der Waals surface area contributed by atoms with Gasteiger partial charge in [0.25, 0.3) is 0 Å². The first kappa shape index (κ1) is 18.6. The fourth-order valence-corrected chi connectivity index (χ4v) is 4.25. The standard InChI is InChI=1S/C23H22N2O2S/c1-27-21-11-9-17(10-12-21)13-25-14-20(15-26)24-23(25)28-16-19-7-4-6-18-5-2-3-8-22(18)19/h2-12,14,26H,13,15-16H2,1H3. The second kappa shape index (κ2) is 8.50. The Hall–Kier alpha value is -2.76. The molecule has 4 rings (SSSR count). The van der Waals surface area contributed by atoms with Crippen molar-refractivity contribution in [2.45, 2.75) is 24.1 Å². The van der Waals surface area contributed by atoms with Crippen LogP contribution in [0.4, 0.5) is 0 Å². The number of imidazole rings is 1. The van der Waals surface area contributed by atoms with Crippen LogP contribution in [0.25, 0.3) is 10.8 Å². The summed E-state index contributed by atoms with van der Waals surface area (Å²) < 4.78 is 7.33. The molecule has 0 atom stereocenters. The first-order valence-corrected chi connectivity index (χ1v) is 10.1. The maximum absolute atomic E-state index is 9.53. The number of rotatable bonds is 7. The van der Waals surface area contributed by atoms with Gasteiger partial charge in [-0.05, 0) is 34.0 Å². The summed E-state index contributed by atoms with van der Waals surface area (Å²) in [7, 11) is 1.67. The lowest BCUT2D eigenvalue weighted by Crippen LogP contribution is -2.00. The lowest BCUT2D eigenvalue weighted by Gasteiger charge is -2.09. The third kappa shape index (κ3) is 4.06. The molecule has 3 aromatic carbocycles. The summed E-state index contributed by atoms with van der Waals surface area (Å²) in [5.74, 6) is 1.67. The number of aliphatic hydroxyl groups is 1. The largest absolute Gasteiger partial charge is 0.497 e. The van der Waals surface area contributed by atoms with Gasteiger partial charge >= 0.3 is 0 Å². The first-order chi connectivity index (χ1) is 13.8. The van der Waals surface area contributed by atoms with Gasteiger partial charge in [0.2, 0.25) is 0 Å². The predicted octanol–water partition coefficient (Wildman–Crippen LogP) is 4.88. The van der Waals surface area contributed by atoms with Crippen LogP contribution < -0.4 is 4.74 Å². The van der Waals surface area contributed by atoms with Crippen LogP contribution >= 0.6 is 11.8 Å². The van der Waals surface area contributed by atoms with Gasteiger partial charge < -0.3 is 14.4 Å². The van der Waals surface area contributed by atoms with Crippen molar-refractivity contribution in [1.29, 1.82) is 0 Å². The van der Waals surface area contributed by atoms with Gasteiger partial charge in [-0.2, -0.15) is 0 Å². The highest BCUT2D eigenvalue weighted by atomic mass is 32.2. The smallest absolute Gasteiger partial charge is 0.168 e. The molecule has 1 aromatic heterocycles. The minimum Gasteiger partial charge on any atom is -0.497 e. The molecule has 0 saturated carbocycles. The summed E-state index contributed by atoms with van der Waals surface area (Å²) in [5, 5.41) is 13.0. The van der Waals surface area contributed by atoms with E-state index in [-0.39, 0.29) is 6.61 Å². The number of aromatic nitrogens is 2. The SMILES string of the molecule is COc1ccc(Cn2cc(CO)nc2SCc2cccc3ccccc23)cc1. The average molecular weight is 391 g/mol. The molecule has 142 valence electrons. The molecule has 0 aliphatic carbocycles. The van der Waals surface area contributed by atoms with Crippen LogP contribution in [0.15, 0.2) is 78.1 Å². The molecule has 0 aliphatic heterocycles. The maximum Gasteiger partial charge on any atom is 0.168 e. The molecular formula is C23H22N2O2S. The zero-order valence-electron chi connectivity index (χ0n) is 15.7. The minimum absolute atomic E-state index is 0.0581. The van der Waals surface area contributed by atoms with Gasteiger partial charge in [0.1, 0.15) is 5.75 Å². The van der Waals surface area contributed by atoms with Gasteiger partial charge in [-0.1, -0.05) is 66.4 Å². The van der Waals surface area contributed by atoms with Gasteiger partial charge in [-0.3, -0.25) is 0 Å². The Morgan fingerprint density at radius 3 is 2.57 bits per heavy atom. The van der Waals surface area contributed by atoms with Crippen molar-refractivity contribution in [2.75, 3.05) is 7.11 Å². The molecule has 0 amide bonds. The Kier molecular flexibility index (Phi) is 5.65. The molecule has 4 nitrogen and oxygen atoms in total. The number of hydrogen-bond acceptors (Lipinski definition) is 4. The Morgan fingerprint density at radius 1 is 1.00 bits per heavy atom. The molecule has 0 fully saturated rings. The summed E-state index contributed by atoms with van der Waals surface area (Å²) in [6.07, 6.45) is 1.93. The Labute approximate surface area is 168 Å². The van der Waals surface area contributed by atoms with Crippen molar-refractivity contribution in [3.05, 3.63) is 89.7 Å². The quantitative estimate of drug-likeness (QED) is 0.457. The van der Waals surface area contributed by atoms with E-state index < -0.39 is 0 Å². The first-order valence-electron chi connectivity index (χ1n) is 9.16. The molecule has 1 heterocycles.